The summed E-state index contributed by atoms with van der Waals surface area (Å²) in [7, 11) is 0. The van der Waals surface area contributed by atoms with Gasteiger partial charge < -0.3 is 9.80 Å². The van der Waals surface area contributed by atoms with Crippen LogP contribution < -0.4 is 4.90 Å². The van der Waals surface area contributed by atoms with Crippen LogP contribution in [0.4, 0.5) is 18.9 Å². The van der Waals surface area contributed by atoms with Crippen LogP contribution in [0, 0.1) is 10.8 Å². The van der Waals surface area contributed by atoms with Gasteiger partial charge in [-0.1, -0.05) is 32.9 Å². The molecule has 0 unspecified atom stereocenters. The van der Waals surface area contributed by atoms with E-state index in [1.165, 1.54) is 12.1 Å². The van der Waals surface area contributed by atoms with Crippen LogP contribution in [0.15, 0.2) is 24.3 Å². The molecule has 1 spiro atoms. The van der Waals surface area contributed by atoms with Gasteiger partial charge in [0, 0.05) is 31.7 Å². The molecule has 0 radical (unpaired) electrons. The Kier molecular flexibility index (Phi) is 6.21. The van der Waals surface area contributed by atoms with E-state index in [0.717, 1.165) is 12.8 Å². The first-order valence-corrected chi connectivity index (χ1v) is 10.6. The van der Waals surface area contributed by atoms with Crippen molar-refractivity contribution in [3.05, 3.63) is 29.8 Å². The van der Waals surface area contributed by atoms with Crippen LogP contribution in [0.3, 0.4) is 0 Å². The van der Waals surface area contributed by atoms with Gasteiger partial charge in [-0.15, -0.1) is 0 Å². The summed E-state index contributed by atoms with van der Waals surface area (Å²) < 4.78 is 37.6. The second-order valence-electron chi connectivity index (χ2n) is 9.89. The Morgan fingerprint density at radius 3 is 2.10 bits per heavy atom. The molecule has 0 aromatic heterocycles. The number of piperidine rings is 1. The lowest BCUT2D eigenvalue weighted by Gasteiger charge is -2.38. The minimum Gasteiger partial charge on any atom is -0.343 e. The molecule has 0 atom stereocenters. The highest BCUT2D eigenvalue weighted by molar-refractivity contribution is 6.00. The minimum atomic E-state index is -4.24. The van der Waals surface area contributed by atoms with Crippen LogP contribution in [0.2, 0.25) is 0 Å². The number of hydrogen-bond donors (Lipinski definition) is 0. The number of carbonyl (C=O) groups excluding carboxylic acids is 2. The van der Waals surface area contributed by atoms with Crippen molar-refractivity contribution >= 4 is 17.5 Å². The molecule has 2 aliphatic heterocycles. The molecule has 0 N–H and O–H groups in total. The molecule has 2 aliphatic rings. The normalized spacial score (nSPS) is 19.6. The van der Waals surface area contributed by atoms with Gasteiger partial charge in [-0.25, -0.2) is 0 Å². The molecule has 7 heteroatoms. The number of amides is 2. The zero-order valence-corrected chi connectivity index (χ0v) is 18.0. The molecule has 2 fully saturated rings. The van der Waals surface area contributed by atoms with Gasteiger partial charge in [-0.2, -0.15) is 13.2 Å². The third kappa shape index (κ3) is 5.35. The summed E-state index contributed by atoms with van der Waals surface area (Å²) in [6.45, 7) is 8.10. The van der Waals surface area contributed by atoms with Crippen LogP contribution >= 0.6 is 0 Å². The summed E-state index contributed by atoms with van der Waals surface area (Å²) in [5.74, 6) is 0.190. The van der Waals surface area contributed by atoms with E-state index in [2.05, 4.69) is 20.8 Å². The van der Waals surface area contributed by atoms with E-state index in [1.54, 1.807) is 17.0 Å². The lowest BCUT2D eigenvalue weighted by molar-refractivity contribution is -0.138. The molecule has 30 heavy (non-hydrogen) atoms. The maximum atomic E-state index is 13.2. The summed E-state index contributed by atoms with van der Waals surface area (Å²) >= 11 is 0. The van der Waals surface area contributed by atoms with Gasteiger partial charge in [0.15, 0.2) is 0 Å². The van der Waals surface area contributed by atoms with Crippen molar-refractivity contribution in [1.82, 2.24) is 4.90 Å². The van der Waals surface area contributed by atoms with E-state index < -0.39 is 18.0 Å². The predicted octanol–water partition coefficient (Wildman–Crippen LogP) is 4.96. The molecule has 2 heterocycles. The van der Waals surface area contributed by atoms with E-state index in [0.29, 0.717) is 44.6 Å². The SMILES string of the molecule is CC(C)(C)CCC(=O)N1CCC2(CC1)CCN(c1ccc(CC(F)(F)F)cc1)C2=O. The Labute approximate surface area is 176 Å². The Bertz CT molecular complexity index is 773. The van der Waals surface area contributed by atoms with Crippen molar-refractivity contribution in [2.75, 3.05) is 24.5 Å². The highest BCUT2D eigenvalue weighted by Crippen LogP contribution is 2.43. The smallest absolute Gasteiger partial charge is 0.343 e. The number of benzene rings is 1. The number of rotatable bonds is 4. The average Bonchev–Trinajstić information content (AvgIpc) is 2.95. The molecule has 166 valence electrons. The fourth-order valence-corrected chi connectivity index (χ4v) is 4.38. The van der Waals surface area contributed by atoms with Crippen molar-refractivity contribution in [2.24, 2.45) is 10.8 Å². The molecular weight excluding hydrogens is 393 g/mol. The van der Waals surface area contributed by atoms with E-state index in [-0.39, 0.29) is 22.8 Å². The van der Waals surface area contributed by atoms with E-state index in [1.807, 2.05) is 4.90 Å². The average molecular weight is 425 g/mol. The number of hydrogen-bond acceptors (Lipinski definition) is 2. The number of anilines is 1. The Morgan fingerprint density at radius 1 is 1.00 bits per heavy atom. The molecular formula is C23H31F3N2O2. The zero-order chi connectivity index (χ0) is 22.2. The molecule has 4 nitrogen and oxygen atoms in total. The first kappa shape index (κ1) is 22.6. The van der Waals surface area contributed by atoms with Gasteiger partial charge in [0.2, 0.25) is 11.8 Å². The highest BCUT2D eigenvalue weighted by atomic mass is 19.4. The number of nitrogens with zero attached hydrogens (tertiary/aromatic N) is 2. The summed E-state index contributed by atoms with van der Waals surface area (Å²) in [6.07, 6.45) is -1.82. The van der Waals surface area contributed by atoms with Gasteiger partial charge in [0.25, 0.3) is 0 Å². The zero-order valence-electron chi connectivity index (χ0n) is 18.0. The molecule has 0 aliphatic carbocycles. The Hall–Kier alpha value is -2.05. The largest absolute Gasteiger partial charge is 0.393 e. The summed E-state index contributed by atoms with van der Waals surface area (Å²) in [4.78, 5) is 29.2. The highest BCUT2D eigenvalue weighted by Gasteiger charge is 2.49. The number of carbonyl (C=O) groups is 2. The Morgan fingerprint density at radius 2 is 1.57 bits per heavy atom. The van der Waals surface area contributed by atoms with E-state index in [4.69, 9.17) is 0 Å². The minimum absolute atomic E-state index is 0.0351. The molecule has 1 aromatic rings. The quantitative estimate of drug-likeness (QED) is 0.685. The van der Waals surface area contributed by atoms with Gasteiger partial charge in [-0.3, -0.25) is 9.59 Å². The van der Waals surface area contributed by atoms with Crippen molar-refractivity contribution in [3.63, 3.8) is 0 Å². The summed E-state index contributed by atoms with van der Waals surface area (Å²) in [6, 6.07) is 6.08. The second kappa shape index (κ2) is 8.23. The van der Waals surface area contributed by atoms with Crippen molar-refractivity contribution < 1.29 is 22.8 Å². The molecule has 2 saturated heterocycles. The predicted molar refractivity (Wildman–Crippen MR) is 110 cm³/mol. The third-order valence-corrected chi connectivity index (χ3v) is 6.33. The van der Waals surface area contributed by atoms with Gasteiger partial charge in [0.05, 0.1) is 11.8 Å². The van der Waals surface area contributed by atoms with Gasteiger partial charge in [-0.05, 0) is 48.8 Å². The summed E-state index contributed by atoms with van der Waals surface area (Å²) in [5, 5.41) is 0. The molecule has 3 rings (SSSR count). The topological polar surface area (TPSA) is 40.6 Å². The van der Waals surface area contributed by atoms with Gasteiger partial charge >= 0.3 is 6.18 Å². The van der Waals surface area contributed by atoms with Crippen LogP contribution in [0.1, 0.15) is 58.4 Å². The van der Waals surface area contributed by atoms with Crippen molar-refractivity contribution in [3.8, 4) is 0 Å². The first-order chi connectivity index (χ1) is 13.9. The maximum Gasteiger partial charge on any atom is 0.393 e. The van der Waals surface area contributed by atoms with Crippen LogP contribution in [0.5, 0.6) is 0 Å². The lowest BCUT2D eigenvalue weighted by atomic mass is 9.77. The third-order valence-electron chi connectivity index (χ3n) is 6.33. The monoisotopic (exact) mass is 424 g/mol. The van der Waals surface area contributed by atoms with Gasteiger partial charge in [0.1, 0.15) is 0 Å². The number of alkyl halides is 3. The standard InChI is InChI=1S/C23H31F3N2O2/c1-21(2,3)9-8-19(29)27-13-10-22(11-14-27)12-15-28(20(22)30)18-6-4-17(5-7-18)16-23(24,25)26/h4-7H,8-16H2,1-3H3. The molecule has 2 amide bonds. The van der Waals surface area contributed by atoms with Crippen LogP contribution in [0.25, 0.3) is 0 Å². The van der Waals surface area contributed by atoms with Crippen molar-refractivity contribution in [1.29, 1.82) is 0 Å². The Balaban J connectivity index is 1.58. The molecule has 1 aromatic carbocycles. The molecule has 0 saturated carbocycles. The van der Waals surface area contributed by atoms with Crippen LogP contribution in [-0.4, -0.2) is 42.5 Å². The van der Waals surface area contributed by atoms with E-state index in [9.17, 15) is 22.8 Å². The van der Waals surface area contributed by atoms with Crippen molar-refractivity contribution in [2.45, 2.75) is 65.5 Å². The van der Waals surface area contributed by atoms with Crippen LogP contribution in [-0.2, 0) is 16.0 Å². The number of likely N-dealkylation sites (tertiary alicyclic amines) is 1. The summed E-state index contributed by atoms with van der Waals surface area (Å²) in [5.41, 5.74) is 0.497. The fourth-order valence-electron chi connectivity index (χ4n) is 4.38. The van der Waals surface area contributed by atoms with E-state index >= 15 is 0 Å². The lowest BCUT2D eigenvalue weighted by Crippen LogP contribution is -2.46. The fraction of sp³-hybridized carbons (Fsp3) is 0.652. The second-order valence-corrected chi connectivity index (χ2v) is 9.89. The number of halogens is 3. The first-order valence-electron chi connectivity index (χ1n) is 10.6. The maximum absolute atomic E-state index is 13.2. The molecule has 0 bridgehead atoms.